The normalized spacial score (nSPS) is 27.6. The van der Waals surface area contributed by atoms with E-state index in [1.54, 1.807) is 12.0 Å². The van der Waals surface area contributed by atoms with Crippen LogP contribution in [0.2, 0.25) is 0 Å². The summed E-state index contributed by atoms with van der Waals surface area (Å²) >= 11 is 0. The highest BCUT2D eigenvalue weighted by Crippen LogP contribution is 2.31. The van der Waals surface area contributed by atoms with Gasteiger partial charge in [0.25, 0.3) is 0 Å². The largest absolute Gasteiger partial charge is 0.444 e. The van der Waals surface area contributed by atoms with Gasteiger partial charge in [-0.3, -0.25) is 4.79 Å². The Labute approximate surface area is 145 Å². The van der Waals surface area contributed by atoms with Crippen molar-refractivity contribution in [3.05, 3.63) is 0 Å². The quantitative estimate of drug-likeness (QED) is 0.789. The molecule has 0 aromatic heterocycles. The number of ether oxygens (including phenoxy) is 2. The van der Waals surface area contributed by atoms with Crippen molar-refractivity contribution in [1.29, 1.82) is 0 Å². The van der Waals surface area contributed by atoms with Crippen molar-refractivity contribution in [2.45, 2.75) is 58.6 Å². The fraction of sp³-hybridized carbons (Fsp3) is 0.889. The van der Waals surface area contributed by atoms with E-state index in [0.29, 0.717) is 19.1 Å². The van der Waals surface area contributed by atoms with Crippen LogP contribution in [0.4, 0.5) is 4.79 Å². The van der Waals surface area contributed by atoms with Gasteiger partial charge in [0, 0.05) is 38.7 Å². The van der Waals surface area contributed by atoms with Gasteiger partial charge in [-0.1, -0.05) is 6.92 Å². The third-order valence-electron chi connectivity index (χ3n) is 4.91. The Morgan fingerprint density at radius 3 is 2.46 bits per heavy atom. The number of hydrogen-bond acceptors (Lipinski definition) is 4. The van der Waals surface area contributed by atoms with Gasteiger partial charge in [0.15, 0.2) is 0 Å². The Hall–Kier alpha value is -1.30. The molecule has 0 aliphatic carbocycles. The zero-order valence-electron chi connectivity index (χ0n) is 15.7. The molecule has 2 aliphatic heterocycles. The summed E-state index contributed by atoms with van der Waals surface area (Å²) in [6.45, 7) is 10.5. The van der Waals surface area contributed by atoms with E-state index in [0.717, 1.165) is 32.4 Å². The van der Waals surface area contributed by atoms with Gasteiger partial charge in [0.1, 0.15) is 5.60 Å². The average molecular weight is 340 g/mol. The van der Waals surface area contributed by atoms with Gasteiger partial charge in [0.05, 0.1) is 12.5 Å². The fourth-order valence-electron chi connectivity index (χ4n) is 3.83. The number of hydrogen-bond donors (Lipinski definition) is 0. The van der Waals surface area contributed by atoms with Crippen molar-refractivity contribution in [2.75, 3.05) is 33.4 Å². The lowest BCUT2D eigenvalue weighted by Gasteiger charge is -2.31. The summed E-state index contributed by atoms with van der Waals surface area (Å²) in [6, 6.07) is -0.0613. The second-order valence-corrected chi connectivity index (χ2v) is 7.94. The van der Waals surface area contributed by atoms with Gasteiger partial charge in [-0.05, 0) is 40.0 Å². The number of rotatable bonds is 4. The highest BCUT2D eigenvalue weighted by Gasteiger charge is 2.43. The van der Waals surface area contributed by atoms with Crippen LogP contribution < -0.4 is 0 Å². The smallest absolute Gasteiger partial charge is 0.410 e. The SMILES string of the molecule is CC[C@@H]1[C@H](C(=O)N2CC[C@@H](COC)C2)CCN1C(=O)OC(C)(C)C. The van der Waals surface area contributed by atoms with E-state index in [1.165, 1.54) is 0 Å². The molecule has 2 saturated heterocycles. The molecule has 0 saturated carbocycles. The van der Waals surface area contributed by atoms with Crippen LogP contribution in [0.1, 0.15) is 47.0 Å². The summed E-state index contributed by atoms with van der Waals surface area (Å²) in [5.41, 5.74) is -0.514. The molecular formula is C18H32N2O4. The first-order valence-electron chi connectivity index (χ1n) is 9.04. The third kappa shape index (κ3) is 4.41. The van der Waals surface area contributed by atoms with Crippen LogP contribution in [0.3, 0.4) is 0 Å². The molecule has 2 aliphatic rings. The molecule has 0 radical (unpaired) electrons. The topological polar surface area (TPSA) is 59.1 Å². The molecular weight excluding hydrogens is 308 g/mol. The van der Waals surface area contributed by atoms with Crippen LogP contribution in [0, 0.1) is 11.8 Å². The number of likely N-dealkylation sites (tertiary alicyclic amines) is 2. The zero-order chi connectivity index (χ0) is 17.9. The molecule has 2 fully saturated rings. The Bertz CT molecular complexity index is 460. The van der Waals surface area contributed by atoms with Crippen LogP contribution in [-0.4, -0.2) is 66.8 Å². The first-order valence-corrected chi connectivity index (χ1v) is 9.04. The maximum Gasteiger partial charge on any atom is 0.410 e. The van der Waals surface area contributed by atoms with Crippen LogP contribution in [0.25, 0.3) is 0 Å². The number of amides is 2. The van der Waals surface area contributed by atoms with E-state index in [4.69, 9.17) is 9.47 Å². The number of carbonyl (C=O) groups is 2. The highest BCUT2D eigenvalue weighted by molar-refractivity contribution is 5.81. The average Bonchev–Trinajstić information content (AvgIpc) is 3.11. The lowest BCUT2D eigenvalue weighted by Crippen LogP contribution is -2.45. The number of methoxy groups -OCH3 is 1. The predicted molar refractivity (Wildman–Crippen MR) is 91.7 cm³/mol. The molecule has 0 unspecified atom stereocenters. The molecule has 0 aromatic carbocycles. The summed E-state index contributed by atoms with van der Waals surface area (Å²) in [4.78, 5) is 29.0. The maximum absolute atomic E-state index is 12.9. The van der Waals surface area contributed by atoms with Crippen molar-refractivity contribution in [1.82, 2.24) is 9.80 Å². The van der Waals surface area contributed by atoms with Crippen LogP contribution in [0.15, 0.2) is 0 Å². The minimum absolute atomic E-state index is 0.0613. The Morgan fingerprint density at radius 1 is 1.17 bits per heavy atom. The molecule has 24 heavy (non-hydrogen) atoms. The lowest BCUT2D eigenvalue weighted by atomic mass is 9.96. The predicted octanol–water partition coefficient (Wildman–Crippen LogP) is 2.52. The van der Waals surface area contributed by atoms with E-state index in [2.05, 4.69) is 0 Å². The fourth-order valence-corrected chi connectivity index (χ4v) is 3.83. The first kappa shape index (κ1) is 19.0. The maximum atomic E-state index is 12.9. The summed E-state index contributed by atoms with van der Waals surface area (Å²) in [5.74, 6) is 0.512. The number of carbonyl (C=O) groups excluding carboxylic acids is 2. The molecule has 2 heterocycles. The van der Waals surface area contributed by atoms with Crippen molar-refractivity contribution in [2.24, 2.45) is 11.8 Å². The van der Waals surface area contributed by atoms with E-state index in [-0.39, 0.29) is 24.0 Å². The second kappa shape index (κ2) is 7.72. The Kier molecular flexibility index (Phi) is 6.12. The monoisotopic (exact) mass is 340 g/mol. The summed E-state index contributed by atoms with van der Waals surface area (Å²) < 4.78 is 10.7. The molecule has 6 heteroatoms. The second-order valence-electron chi connectivity index (χ2n) is 7.94. The van der Waals surface area contributed by atoms with E-state index < -0.39 is 5.60 Å². The molecule has 0 spiro atoms. The van der Waals surface area contributed by atoms with Crippen LogP contribution >= 0.6 is 0 Å². The van der Waals surface area contributed by atoms with Crippen molar-refractivity contribution < 1.29 is 19.1 Å². The summed E-state index contributed by atoms with van der Waals surface area (Å²) in [7, 11) is 1.70. The minimum Gasteiger partial charge on any atom is -0.444 e. The molecule has 2 amide bonds. The number of nitrogens with zero attached hydrogens (tertiary/aromatic N) is 2. The van der Waals surface area contributed by atoms with Gasteiger partial charge in [-0.2, -0.15) is 0 Å². The lowest BCUT2D eigenvalue weighted by molar-refractivity contribution is -0.135. The highest BCUT2D eigenvalue weighted by atomic mass is 16.6. The van der Waals surface area contributed by atoms with Gasteiger partial charge in [-0.15, -0.1) is 0 Å². The standard InChI is InChI=1S/C18H32N2O4/c1-6-15-14(8-10-20(15)17(22)24-18(2,3)4)16(21)19-9-7-13(11-19)12-23-5/h13-15H,6-12H2,1-5H3/t13-,14-,15-/m1/s1. The Morgan fingerprint density at radius 2 is 1.88 bits per heavy atom. The van der Waals surface area contributed by atoms with Crippen molar-refractivity contribution in [3.63, 3.8) is 0 Å². The van der Waals surface area contributed by atoms with Crippen LogP contribution in [0.5, 0.6) is 0 Å². The van der Waals surface area contributed by atoms with Gasteiger partial charge < -0.3 is 19.3 Å². The minimum atomic E-state index is -0.514. The van der Waals surface area contributed by atoms with E-state index in [9.17, 15) is 9.59 Å². The zero-order valence-corrected chi connectivity index (χ0v) is 15.7. The van der Waals surface area contributed by atoms with Crippen molar-refractivity contribution >= 4 is 12.0 Å². The van der Waals surface area contributed by atoms with E-state index in [1.807, 2.05) is 32.6 Å². The third-order valence-corrected chi connectivity index (χ3v) is 4.91. The molecule has 0 bridgehead atoms. The van der Waals surface area contributed by atoms with E-state index >= 15 is 0 Å². The summed E-state index contributed by atoms with van der Waals surface area (Å²) in [5, 5.41) is 0. The van der Waals surface area contributed by atoms with Crippen LogP contribution in [-0.2, 0) is 14.3 Å². The first-order chi connectivity index (χ1) is 11.3. The van der Waals surface area contributed by atoms with Gasteiger partial charge in [0.2, 0.25) is 5.91 Å². The molecule has 0 N–H and O–H groups in total. The molecule has 2 rings (SSSR count). The molecule has 138 valence electrons. The van der Waals surface area contributed by atoms with Crippen molar-refractivity contribution in [3.8, 4) is 0 Å². The van der Waals surface area contributed by atoms with Gasteiger partial charge in [-0.25, -0.2) is 4.79 Å². The van der Waals surface area contributed by atoms with Gasteiger partial charge >= 0.3 is 6.09 Å². The molecule has 0 aromatic rings. The Balaban J connectivity index is 1.99. The summed E-state index contributed by atoms with van der Waals surface area (Å²) in [6.07, 6.45) is 2.19. The molecule has 6 nitrogen and oxygen atoms in total. The molecule has 3 atom stereocenters.